The summed E-state index contributed by atoms with van der Waals surface area (Å²) in [5.41, 5.74) is 0.325. The number of amides is 1. The highest BCUT2D eigenvalue weighted by molar-refractivity contribution is 7.89. The Morgan fingerprint density at radius 3 is 2.32 bits per heavy atom. The Labute approximate surface area is 234 Å². The summed E-state index contributed by atoms with van der Waals surface area (Å²) in [4.78, 5) is 51.4. The molecule has 2 aromatic carbocycles. The van der Waals surface area contributed by atoms with Crippen LogP contribution in [0.5, 0.6) is 0 Å². The third kappa shape index (κ3) is 7.95. The maximum atomic E-state index is 14.9. The third-order valence-corrected chi connectivity index (χ3v) is 7.43. The highest BCUT2D eigenvalue weighted by atomic mass is 32.2. The smallest absolute Gasteiger partial charge is 0.335 e. The van der Waals surface area contributed by atoms with Crippen LogP contribution in [0.3, 0.4) is 0 Å². The number of hydrogen-bond donors (Lipinski definition) is 4. The Kier molecular flexibility index (Phi) is 9.41. The molecule has 0 atom stereocenters. The van der Waals surface area contributed by atoms with Crippen molar-refractivity contribution in [2.75, 3.05) is 29.9 Å². The number of piperidine rings is 1. The predicted octanol–water partition coefficient (Wildman–Crippen LogP) is 1.95. The number of benzene rings is 2. The number of sulfonamides is 1. The second-order valence-corrected chi connectivity index (χ2v) is 10.7. The van der Waals surface area contributed by atoms with Crippen LogP contribution in [0.4, 0.5) is 16.0 Å². The largest absolute Gasteiger partial charge is 0.478 e. The molecule has 0 spiro atoms. The summed E-state index contributed by atoms with van der Waals surface area (Å²) in [5, 5.41) is 14.6. The monoisotopic (exact) mass is 586 g/mol. The molecular formula is C26H27FN6O7S. The average Bonchev–Trinajstić information content (AvgIpc) is 2.97. The van der Waals surface area contributed by atoms with E-state index in [1.807, 2.05) is 4.90 Å². The minimum atomic E-state index is -4.25. The van der Waals surface area contributed by atoms with E-state index in [1.165, 1.54) is 12.1 Å². The molecule has 2 heterocycles. The molecule has 4 rings (SSSR count). The molecule has 0 aliphatic carbocycles. The second kappa shape index (κ2) is 13.1. The summed E-state index contributed by atoms with van der Waals surface area (Å²) >= 11 is 0. The molecule has 0 unspecified atom stereocenters. The zero-order chi connectivity index (χ0) is 29.4. The number of carbonyl (C=O) groups is 3. The molecule has 4 N–H and O–H groups in total. The van der Waals surface area contributed by atoms with Crippen LogP contribution in [0.2, 0.25) is 0 Å². The van der Waals surface area contributed by atoms with Crippen molar-refractivity contribution in [1.29, 1.82) is 0 Å². The van der Waals surface area contributed by atoms with Crippen LogP contribution in [-0.4, -0.2) is 67.0 Å². The molecule has 3 aromatic rings. The molecule has 1 amide bonds. The fraction of sp³-hybridized carbons (Fsp3) is 0.269. The Morgan fingerprint density at radius 1 is 1.02 bits per heavy atom. The zero-order valence-electron chi connectivity index (χ0n) is 21.6. The van der Waals surface area contributed by atoms with E-state index in [4.69, 9.17) is 5.11 Å². The normalized spacial score (nSPS) is 13.8. The maximum Gasteiger partial charge on any atom is 0.335 e. The van der Waals surface area contributed by atoms with Crippen molar-refractivity contribution in [3.05, 3.63) is 77.9 Å². The van der Waals surface area contributed by atoms with Crippen LogP contribution >= 0.6 is 0 Å². The first kappa shape index (κ1) is 29.4. The van der Waals surface area contributed by atoms with Gasteiger partial charge in [-0.2, -0.15) is 0 Å². The van der Waals surface area contributed by atoms with E-state index in [0.717, 1.165) is 43.2 Å². The highest BCUT2D eigenvalue weighted by Crippen LogP contribution is 2.25. The molecule has 1 fully saturated rings. The number of carbonyl (C=O) groups excluding carboxylic acids is 2. The molecule has 0 bridgehead atoms. The highest BCUT2D eigenvalue weighted by Gasteiger charge is 2.23. The van der Waals surface area contributed by atoms with Crippen molar-refractivity contribution in [3.8, 4) is 0 Å². The van der Waals surface area contributed by atoms with Crippen molar-refractivity contribution in [3.63, 3.8) is 0 Å². The van der Waals surface area contributed by atoms with Crippen molar-refractivity contribution in [1.82, 2.24) is 20.2 Å². The van der Waals surface area contributed by atoms with Gasteiger partial charge in [0, 0.05) is 43.6 Å². The van der Waals surface area contributed by atoms with E-state index in [0.29, 0.717) is 24.7 Å². The van der Waals surface area contributed by atoms with Crippen LogP contribution in [0.25, 0.3) is 0 Å². The summed E-state index contributed by atoms with van der Waals surface area (Å²) in [6.07, 6.45) is 4.44. The van der Waals surface area contributed by atoms with Crippen LogP contribution in [0.15, 0.2) is 65.8 Å². The first-order chi connectivity index (χ1) is 19.6. The minimum Gasteiger partial charge on any atom is -0.478 e. The quantitative estimate of drug-likeness (QED) is 0.241. The van der Waals surface area contributed by atoms with E-state index >= 15 is 0 Å². The first-order valence-electron chi connectivity index (χ1n) is 12.5. The molecule has 13 nitrogen and oxygen atoms in total. The zero-order valence-corrected chi connectivity index (χ0v) is 22.4. The van der Waals surface area contributed by atoms with Crippen molar-refractivity contribution >= 4 is 39.5 Å². The number of nitrogens with zero attached hydrogens (tertiary/aromatic N) is 3. The van der Waals surface area contributed by atoms with Gasteiger partial charge in [0.2, 0.25) is 5.95 Å². The lowest BCUT2D eigenvalue weighted by Gasteiger charge is -2.34. The Hall–Kier alpha value is -4.63. The molecule has 1 aromatic heterocycles. The minimum absolute atomic E-state index is 0.0582. The molecule has 1 aliphatic rings. The number of aromatic carboxylic acids is 1. The lowest BCUT2D eigenvalue weighted by atomic mass is 10.0. The Balaban J connectivity index is 1.20. The van der Waals surface area contributed by atoms with E-state index in [1.54, 1.807) is 23.3 Å². The van der Waals surface area contributed by atoms with Crippen LogP contribution in [0.1, 0.15) is 40.0 Å². The van der Waals surface area contributed by atoms with Gasteiger partial charge in [0.15, 0.2) is 0 Å². The SMILES string of the molecule is O=C(CCNC(=O)c1ccc(N2CCC(Nc3ncccn3)CC2)c(F)c1)ONS(=O)(=O)c1ccc(C(=O)O)cc1. The fourth-order valence-corrected chi connectivity index (χ4v) is 4.88. The Bertz CT molecular complexity index is 1500. The fourth-order valence-electron chi connectivity index (χ4n) is 4.08. The van der Waals surface area contributed by atoms with Gasteiger partial charge in [-0.15, -0.1) is 0 Å². The lowest BCUT2D eigenvalue weighted by molar-refractivity contribution is -0.146. The van der Waals surface area contributed by atoms with Crippen LogP contribution in [0, 0.1) is 5.82 Å². The van der Waals surface area contributed by atoms with Gasteiger partial charge in [-0.05, 0) is 66.3 Å². The van der Waals surface area contributed by atoms with Gasteiger partial charge >= 0.3 is 11.9 Å². The lowest BCUT2D eigenvalue weighted by Crippen LogP contribution is -2.39. The molecule has 0 saturated carbocycles. The van der Waals surface area contributed by atoms with Gasteiger partial charge in [0.05, 0.1) is 22.6 Å². The number of rotatable bonds is 11. The molecule has 1 aliphatic heterocycles. The summed E-state index contributed by atoms with van der Waals surface area (Å²) in [6, 6.07) is 10.3. The third-order valence-electron chi connectivity index (χ3n) is 6.24. The van der Waals surface area contributed by atoms with Crippen molar-refractivity contribution in [2.45, 2.75) is 30.2 Å². The van der Waals surface area contributed by atoms with Gasteiger partial charge in [0.25, 0.3) is 15.9 Å². The number of anilines is 2. The summed E-state index contributed by atoms with van der Waals surface area (Å²) in [7, 11) is -4.25. The standard InChI is InChI=1S/C26H27FN6O7S/c27-21-16-18(4-7-22(21)33-14-9-19(10-15-33)31-26-29-11-1-12-30-26)24(35)28-13-8-23(34)40-32-41(38,39)20-5-2-17(3-6-20)25(36)37/h1-7,11-12,16,19,32H,8-10,13-15H2,(H,28,35)(H,36,37)(H,29,30,31). The number of carboxylic acid groups (broad SMARTS) is 1. The number of nitrogens with one attached hydrogen (secondary N) is 3. The van der Waals surface area contributed by atoms with Crippen LogP contribution in [-0.2, 0) is 19.7 Å². The van der Waals surface area contributed by atoms with Gasteiger partial charge in [-0.1, -0.05) is 0 Å². The topological polar surface area (TPSA) is 180 Å². The number of carboxylic acids is 1. The van der Waals surface area contributed by atoms with Gasteiger partial charge in [0.1, 0.15) is 5.82 Å². The van der Waals surface area contributed by atoms with Gasteiger partial charge in [-0.25, -0.2) is 27.6 Å². The molecular weight excluding hydrogens is 559 g/mol. The van der Waals surface area contributed by atoms with E-state index in [2.05, 4.69) is 25.4 Å². The van der Waals surface area contributed by atoms with Crippen LogP contribution < -0.4 is 20.4 Å². The van der Waals surface area contributed by atoms with E-state index in [9.17, 15) is 27.2 Å². The van der Waals surface area contributed by atoms with Gasteiger partial charge < -0.3 is 25.5 Å². The molecule has 0 radical (unpaired) electrons. The predicted molar refractivity (Wildman–Crippen MR) is 144 cm³/mol. The number of aromatic nitrogens is 2. The van der Waals surface area contributed by atoms with E-state index in [-0.39, 0.29) is 35.0 Å². The summed E-state index contributed by atoms with van der Waals surface area (Å²) in [5.74, 6) is -2.83. The maximum absolute atomic E-state index is 14.9. The molecule has 15 heteroatoms. The molecule has 216 valence electrons. The summed E-state index contributed by atoms with van der Waals surface area (Å²) < 4.78 is 39.3. The number of hydrogen-bond acceptors (Lipinski definition) is 10. The Morgan fingerprint density at radius 2 is 1.68 bits per heavy atom. The van der Waals surface area contributed by atoms with Crippen molar-refractivity contribution < 1.29 is 37.1 Å². The average molecular weight is 587 g/mol. The number of halogens is 1. The van der Waals surface area contributed by atoms with Crippen molar-refractivity contribution in [2.24, 2.45) is 0 Å². The molecule has 41 heavy (non-hydrogen) atoms. The first-order valence-corrected chi connectivity index (χ1v) is 14.0. The molecule has 1 saturated heterocycles. The summed E-state index contributed by atoms with van der Waals surface area (Å²) in [6.45, 7) is 1.01. The second-order valence-electron chi connectivity index (χ2n) is 9.04. The van der Waals surface area contributed by atoms with E-state index < -0.39 is 33.7 Å². The van der Waals surface area contributed by atoms with Gasteiger partial charge in [-0.3, -0.25) is 9.59 Å².